The molecule has 1 N–H and O–H groups in total. The standard InChI is InChI=1S/C13H20N2O3S/c1-9(13(17)18)7-15(3)12(16)6-4-5-11-14-10(2)8-19-11/h8-9H,4-7H2,1-3H3,(H,17,18). The molecular weight excluding hydrogens is 264 g/mol. The first kappa shape index (κ1) is 15.6. The van der Waals surface area contributed by atoms with E-state index in [1.54, 1.807) is 25.3 Å². The first-order valence-corrected chi connectivity index (χ1v) is 7.16. The fraction of sp³-hybridized carbons (Fsp3) is 0.615. The van der Waals surface area contributed by atoms with Gasteiger partial charge >= 0.3 is 5.97 Å². The highest BCUT2D eigenvalue weighted by molar-refractivity contribution is 7.09. The number of aryl methyl sites for hydroxylation is 2. The molecule has 0 spiro atoms. The molecule has 0 aliphatic carbocycles. The average Bonchev–Trinajstić information content (AvgIpc) is 2.74. The lowest BCUT2D eigenvalue weighted by Gasteiger charge is -2.19. The topological polar surface area (TPSA) is 70.5 Å². The first-order valence-electron chi connectivity index (χ1n) is 6.28. The van der Waals surface area contributed by atoms with Gasteiger partial charge in [0.15, 0.2) is 0 Å². The van der Waals surface area contributed by atoms with Gasteiger partial charge in [-0.3, -0.25) is 9.59 Å². The van der Waals surface area contributed by atoms with Crippen molar-refractivity contribution in [2.24, 2.45) is 5.92 Å². The summed E-state index contributed by atoms with van der Waals surface area (Å²) in [6.45, 7) is 3.81. The van der Waals surface area contributed by atoms with Crippen LogP contribution < -0.4 is 0 Å². The number of thiazole rings is 1. The summed E-state index contributed by atoms with van der Waals surface area (Å²) in [5.41, 5.74) is 1.01. The largest absolute Gasteiger partial charge is 0.481 e. The molecule has 0 aliphatic heterocycles. The Balaban J connectivity index is 2.28. The molecule has 0 fully saturated rings. The average molecular weight is 284 g/mol. The molecule has 1 amide bonds. The van der Waals surface area contributed by atoms with Crippen molar-refractivity contribution >= 4 is 23.2 Å². The minimum Gasteiger partial charge on any atom is -0.481 e. The van der Waals surface area contributed by atoms with Crippen LogP contribution in [0.3, 0.4) is 0 Å². The number of rotatable bonds is 7. The van der Waals surface area contributed by atoms with Crippen LogP contribution in [0, 0.1) is 12.8 Å². The number of carbonyl (C=O) groups is 2. The van der Waals surface area contributed by atoms with Gasteiger partial charge < -0.3 is 10.0 Å². The molecule has 0 aliphatic rings. The minimum absolute atomic E-state index is 0.0126. The van der Waals surface area contributed by atoms with E-state index < -0.39 is 11.9 Å². The third-order valence-corrected chi connectivity index (χ3v) is 3.87. The van der Waals surface area contributed by atoms with Crippen LogP contribution in [0.1, 0.15) is 30.5 Å². The van der Waals surface area contributed by atoms with Crippen LogP contribution in [0.15, 0.2) is 5.38 Å². The smallest absolute Gasteiger partial charge is 0.308 e. The molecule has 0 saturated heterocycles. The Bertz CT molecular complexity index is 445. The van der Waals surface area contributed by atoms with E-state index in [1.165, 1.54) is 4.90 Å². The maximum absolute atomic E-state index is 11.8. The molecule has 1 rings (SSSR count). The van der Waals surface area contributed by atoms with Crippen molar-refractivity contribution in [3.8, 4) is 0 Å². The molecule has 106 valence electrons. The van der Waals surface area contributed by atoms with E-state index in [-0.39, 0.29) is 12.5 Å². The summed E-state index contributed by atoms with van der Waals surface area (Å²) >= 11 is 1.61. The molecule has 1 unspecified atom stereocenters. The predicted molar refractivity (Wildman–Crippen MR) is 74.2 cm³/mol. The van der Waals surface area contributed by atoms with E-state index in [9.17, 15) is 9.59 Å². The lowest BCUT2D eigenvalue weighted by molar-refractivity contribution is -0.142. The van der Waals surface area contributed by atoms with Gasteiger partial charge in [-0.1, -0.05) is 6.92 Å². The summed E-state index contributed by atoms with van der Waals surface area (Å²) in [7, 11) is 1.65. The fourth-order valence-electron chi connectivity index (χ4n) is 1.69. The van der Waals surface area contributed by atoms with Gasteiger partial charge in [0, 0.05) is 31.1 Å². The van der Waals surface area contributed by atoms with Crippen molar-refractivity contribution in [1.29, 1.82) is 0 Å². The summed E-state index contributed by atoms with van der Waals surface area (Å²) in [6, 6.07) is 0. The van der Waals surface area contributed by atoms with E-state index in [0.29, 0.717) is 6.42 Å². The Labute approximate surface area is 117 Å². The molecule has 0 radical (unpaired) electrons. The SMILES string of the molecule is Cc1csc(CCCC(=O)N(C)CC(C)C(=O)O)n1. The monoisotopic (exact) mass is 284 g/mol. The van der Waals surface area contributed by atoms with Crippen LogP contribution >= 0.6 is 11.3 Å². The molecule has 1 heterocycles. The van der Waals surface area contributed by atoms with Crippen LogP contribution in [-0.2, 0) is 16.0 Å². The van der Waals surface area contributed by atoms with Crippen molar-refractivity contribution < 1.29 is 14.7 Å². The molecule has 0 saturated carbocycles. The molecule has 1 aromatic rings. The highest BCUT2D eigenvalue weighted by Crippen LogP contribution is 2.12. The second-order valence-electron chi connectivity index (χ2n) is 4.75. The number of carbonyl (C=O) groups excluding carboxylic acids is 1. The molecule has 1 atom stereocenters. The van der Waals surface area contributed by atoms with E-state index >= 15 is 0 Å². The van der Waals surface area contributed by atoms with E-state index in [2.05, 4.69) is 4.98 Å². The Morgan fingerprint density at radius 2 is 2.21 bits per heavy atom. The highest BCUT2D eigenvalue weighted by atomic mass is 32.1. The van der Waals surface area contributed by atoms with Crippen molar-refractivity contribution in [1.82, 2.24) is 9.88 Å². The molecule has 6 heteroatoms. The van der Waals surface area contributed by atoms with Crippen LogP contribution in [-0.4, -0.2) is 40.5 Å². The van der Waals surface area contributed by atoms with E-state index in [4.69, 9.17) is 5.11 Å². The molecular formula is C13H20N2O3S. The van der Waals surface area contributed by atoms with Crippen molar-refractivity contribution in [3.05, 3.63) is 16.1 Å². The number of carboxylic acid groups (broad SMARTS) is 1. The van der Waals surface area contributed by atoms with Crippen molar-refractivity contribution in [3.63, 3.8) is 0 Å². The lowest BCUT2D eigenvalue weighted by atomic mass is 10.1. The molecule has 5 nitrogen and oxygen atoms in total. The Kier molecular flexibility index (Phi) is 5.95. The number of hydrogen-bond acceptors (Lipinski definition) is 4. The quantitative estimate of drug-likeness (QED) is 0.831. The zero-order valence-corrected chi connectivity index (χ0v) is 12.4. The first-order chi connectivity index (χ1) is 8.90. The molecule has 0 bridgehead atoms. The maximum Gasteiger partial charge on any atom is 0.308 e. The summed E-state index contributed by atoms with van der Waals surface area (Å²) < 4.78 is 0. The molecule has 19 heavy (non-hydrogen) atoms. The summed E-state index contributed by atoms with van der Waals surface area (Å²) in [4.78, 5) is 28.4. The van der Waals surface area contributed by atoms with Gasteiger partial charge in [0.2, 0.25) is 5.91 Å². The summed E-state index contributed by atoms with van der Waals surface area (Å²) in [5, 5.41) is 11.8. The number of hydrogen-bond donors (Lipinski definition) is 1. The number of aromatic nitrogens is 1. The maximum atomic E-state index is 11.8. The summed E-state index contributed by atoms with van der Waals surface area (Å²) in [5.74, 6) is -1.42. The zero-order chi connectivity index (χ0) is 14.4. The lowest BCUT2D eigenvalue weighted by Crippen LogP contribution is -2.33. The van der Waals surface area contributed by atoms with Gasteiger partial charge in [-0.2, -0.15) is 0 Å². The van der Waals surface area contributed by atoms with Crippen molar-refractivity contribution in [2.75, 3.05) is 13.6 Å². The fourth-order valence-corrected chi connectivity index (χ4v) is 2.51. The van der Waals surface area contributed by atoms with Crippen molar-refractivity contribution in [2.45, 2.75) is 33.1 Å². The second kappa shape index (κ2) is 7.23. The van der Waals surface area contributed by atoms with Crippen LogP contribution in [0.2, 0.25) is 0 Å². The zero-order valence-electron chi connectivity index (χ0n) is 11.5. The van der Waals surface area contributed by atoms with Gasteiger partial charge in [0.1, 0.15) is 0 Å². The summed E-state index contributed by atoms with van der Waals surface area (Å²) in [6.07, 6.45) is 1.98. The van der Waals surface area contributed by atoms with Gasteiger partial charge in [-0.15, -0.1) is 11.3 Å². The van der Waals surface area contributed by atoms with Crippen LogP contribution in [0.4, 0.5) is 0 Å². The third kappa shape index (κ3) is 5.38. The Morgan fingerprint density at radius 1 is 1.53 bits per heavy atom. The normalized spacial score (nSPS) is 12.2. The molecule has 0 aromatic carbocycles. The van der Waals surface area contributed by atoms with Gasteiger partial charge in [0.05, 0.1) is 10.9 Å². The Morgan fingerprint density at radius 3 is 2.74 bits per heavy atom. The Hall–Kier alpha value is -1.43. The molecule has 1 aromatic heterocycles. The van der Waals surface area contributed by atoms with E-state index in [1.807, 2.05) is 12.3 Å². The van der Waals surface area contributed by atoms with Crippen LogP contribution in [0.5, 0.6) is 0 Å². The third-order valence-electron chi connectivity index (χ3n) is 2.84. The number of nitrogens with zero attached hydrogens (tertiary/aromatic N) is 2. The minimum atomic E-state index is -0.877. The van der Waals surface area contributed by atoms with Gasteiger partial charge in [-0.05, 0) is 19.8 Å². The number of amides is 1. The second-order valence-corrected chi connectivity index (χ2v) is 5.69. The number of carboxylic acids is 1. The highest BCUT2D eigenvalue weighted by Gasteiger charge is 2.17. The van der Waals surface area contributed by atoms with Gasteiger partial charge in [-0.25, -0.2) is 4.98 Å². The van der Waals surface area contributed by atoms with Crippen LogP contribution in [0.25, 0.3) is 0 Å². The predicted octanol–water partition coefficient (Wildman–Crippen LogP) is 1.95. The number of aliphatic carboxylic acids is 1. The van der Waals surface area contributed by atoms with E-state index in [0.717, 1.165) is 23.5 Å². The van der Waals surface area contributed by atoms with Gasteiger partial charge in [0.25, 0.3) is 0 Å².